The maximum Gasteiger partial charge on any atom is 0.364 e. The number of rotatable bonds is 1. The minimum absolute atomic E-state index is 0.278. The maximum atomic E-state index is 14.0. The van der Waals surface area contributed by atoms with Crippen LogP contribution in [0.25, 0.3) is 11.0 Å². The Kier molecular flexibility index (Phi) is 2.66. The first-order chi connectivity index (χ1) is 10.7. The van der Waals surface area contributed by atoms with Crippen molar-refractivity contribution in [1.29, 1.82) is 0 Å². The topological polar surface area (TPSA) is 45.9 Å². The smallest absolute Gasteiger partial charge is 0.254 e. The molecule has 0 aliphatic carbocycles. The first-order valence-electron chi connectivity index (χ1n) is 6.71. The number of para-hydroxylation sites is 2. The van der Waals surface area contributed by atoms with E-state index in [9.17, 15) is 13.6 Å². The van der Waals surface area contributed by atoms with E-state index in [1.165, 1.54) is 16.8 Å². The van der Waals surface area contributed by atoms with Crippen molar-refractivity contribution in [2.24, 2.45) is 0 Å². The molecule has 0 radical (unpaired) electrons. The molecule has 2 aromatic carbocycles. The summed E-state index contributed by atoms with van der Waals surface area (Å²) < 4.78 is 29.3. The standard InChI is InChI=1S/C16H9F2N3O/c17-9-4-3-5-10(18)14(9)15-16(22)21-12-7-2-1-6-11(12)19-8-13(21)20-15/h1-8,15H/p+1. The quantitative estimate of drug-likeness (QED) is 0.702. The average Bonchev–Trinajstić information content (AvgIpc) is 2.85. The highest BCUT2D eigenvalue weighted by atomic mass is 19.1. The van der Waals surface area contributed by atoms with Gasteiger partial charge in [0.1, 0.15) is 23.3 Å². The second-order valence-corrected chi connectivity index (χ2v) is 5.02. The molecule has 1 N–H and O–H groups in total. The van der Waals surface area contributed by atoms with Crippen LogP contribution in [0.1, 0.15) is 16.4 Å². The molecule has 22 heavy (non-hydrogen) atoms. The molecule has 1 aliphatic rings. The highest BCUT2D eigenvalue weighted by Gasteiger charge is 2.43. The van der Waals surface area contributed by atoms with Gasteiger partial charge < -0.3 is 0 Å². The van der Waals surface area contributed by atoms with Gasteiger partial charge in [-0.05, 0) is 24.3 Å². The van der Waals surface area contributed by atoms with Crippen LogP contribution >= 0.6 is 0 Å². The van der Waals surface area contributed by atoms with Gasteiger partial charge in [0.15, 0.2) is 5.52 Å². The van der Waals surface area contributed by atoms with Crippen LogP contribution in [0.2, 0.25) is 0 Å². The van der Waals surface area contributed by atoms with Crippen molar-refractivity contribution in [3.63, 3.8) is 0 Å². The zero-order chi connectivity index (χ0) is 15.3. The van der Waals surface area contributed by atoms with Crippen LogP contribution < -0.4 is 9.88 Å². The Morgan fingerprint density at radius 3 is 2.55 bits per heavy atom. The monoisotopic (exact) mass is 298 g/mol. The fourth-order valence-corrected chi connectivity index (χ4v) is 2.74. The average molecular weight is 298 g/mol. The van der Waals surface area contributed by atoms with Crippen molar-refractivity contribution in [3.05, 3.63) is 65.9 Å². The molecule has 108 valence electrons. The highest BCUT2D eigenvalue weighted by Crippen LogP contribution is 2.28. The summed E-state index contributed by atoms with van der Waals surface area (Å²) in [5, 5.41) is 2.85. The number of anilines is 1. The molecule has 6 heteroatoms. The molecule has 2 heterocycles. The van der Waals surface area contributed by atoms with E-state index in [0.717, 1.165) is 12.1 Å². The first-order valence-corrected chi connectivity index (χ1v) is 6.71. The van der Waals surface area contributed by atoms with Crippen molar-refractivity contribution in [3.8, 4) is 0 Å². The van der Waals surface area contributed by atoms with Gasteiger partial charge in [-0.15, -0.1) is 0 Å². The number of nitrogens with zero attached hydrogens (tertiary/aromatic N) is 2. The van der Waals surface area contributed by atoms with E-state index in [1.54, 1.807) is 18.2 Å². The molecule has 0 amide bonds. The van der Waals surface area contributed by atoms with E-state index in [2.05, 4.69) is 10.3 Å². The Balaban J connectivity index is 1.91. The Labute approximate surface area is 124 Å². The lowest BCUT2D eigenvalue weighted by Crippen LogP contribution is -2.41. The summed E-state index contributed by atoms with van der Waals surface area (Å²) in [7, 11) is 0. The molecule has 0 bridgehead atoms. The summed E-state index contributed by atoms with van der Waals surface area (Å²) in [6.07, 6.45) is 1.49. The SMILES string of the molecule is O=C1C(c2c(F)cccc2F)Nc2cnc3ccccc3[n+]21. The van der Waals surface area contributed by atoms with Crippen LogP contribution in [-0.4, -0.2) is 10.9 Å². The molecule has 1 aromatic heterocycles. The Bertz CT molecular complexity index is 906. The van der Waals surface area contributed by atoms with Gasteiger partial charge in [0.05, 0.1) is 5.56 Å². The summed E-state index contributed by atoms with van der Waals surface area (Å²) in [5.74, 6) is -1.53. The van der Waals surface area contributed by atoms with Crippen molar-refractivity contribution >= 4 is 22.8 Å². The van der Waals surface area contributed by atoms with Crippen LogP contribution in [-0.2, 0) is 0 Å². The number of carbonyl (C=O) groups is 1. The number of nitrogens with one attached hydrogen (secondary N) is 1. The van der Waals surface area contributed by atoms with E-state index in [1.807, 2.05) is 6.07 Å². The molecular formula is C16H10F2N3O+. The van der Waals surface area contributed by atoms with Crippen LogP contribution in [0.3, 0.4) is 0 Å². The summed E-state index contributed by atoms with van der Waals surface area (Å²) >= 11 is 0. The molecule has 1 unspecified atom stereocenters. The zero-order valence-electron chi connectivity index (χ0n) is 11.3. The molecule has 0 saturated heterocycles. The molecular weight excluding hydrogens is 288 g/mol. The second kappa shape index (κ2) is 4.56. The number of carbonyl (C=O) groups excluding carboxylic acids is 1. The zero-order valence-corrected chi connectivity index (χ0v) is 11.3. The highest BCUT2D eigenvalue weighted by molar-refractivity contribution is 5.87. The third-order valence-corrected chi connectivity index (χ3v) is 3.74. The van der Waals surface area contributed by atoms with Gasteiger partial charge in [-0.25, -0.2) is 18.6 Å². The predicted molar refractivity (Wildman–Crippen MR) is 75.3 cm³/mol. The summed E-state index contributed by atoms with van der Waals surface area (Å²) in [6.45, 7) is 0. The fourth-order valence-electron chi connectivity index (χ4n) is 2.74. The lowest BCUT2D eigenvalue weighted by atomic mass is 10.1. The largest absolute Gasteiger partial charge is 0.364 e. The van der Waals surface area contributed by atoms with Crippen LogP contribution in [0.15, 0.2) is 48.7 Å². The lowest BCUT2D eigenvalue weighted by Gasteiger charge is -2.06. The fraction of sp³-hybridized carbons (Fsp3) is 0.0625. The van der Waals surface area contributed by atoms with Gasteiger partial charge in [-0.1, -0.05) is 18.2 Å². The predicted octanol–water partition coefficient (Wildman–Crippen LogP) is 2.61. The number of halogens is 2. The summed E-state index contributed by atoms with van der Waals surface area (Å²) in [5.41, 5.74) is 0.952. The van der Waals surface area contributed by atoms with Gasteiger partial charge in [0, 0.05) is 0 Å². The third-order valence-electron chi connectivity index (χ3n) is 3.74. The second-order valence-electron chi connectivity index (χ2n) is 5.02. The number of aromatic nitrogens is 2. The van der Waals surface area contributed by atoms with Crippen molar-refractivity contribution in [2.75, 3.05) is 5.32 Å². The number of hydrogen-bond donors (Lipinski definition) is 1. The number of fused-ring (bicyclic) bond motifs is 3. The van der Waals surface area contributed by atoms with E-state index in [0.29, 0.717) is 16.9 Å². The number of hydrogen-bond acceptors (Lipinski definition) is 3. The molecule has 4 rings (SSSR count). The molecule has 0 spiro atoms. The van der Waals surface area contributed by atoms with Gasteiger partial charge in [0.25, 0.3) is 0 Å². The minimum atomic E-state index is -1.10. The van der Waals surface area contributed by atoms with Gasteiger partial charge in [-0.3, -0.25) is 5.32 Å². The van der Waals surface area contributed by atoms with Crippen LogP contribution in [0, 0.1) is 11.6 Å². The van der Waals surface area contributed by atoms with E-state index in [-0.39, 0.29) is 5.56 Å². The normalized spacial score (nSPS) is 16.6. The van der Waals surface area contributed by atoms with Gasteiger partial charge >= 0.3 is 11.7 Å². The van der Waals surface area contributed by atoms with Crippen molar-refractivity contribution in [1.82, 2.24) is 4.98 Å². The van der Waals surface area contributed by atoms with Crippen molar-refractivity contribution in [2.45, 2.75) is 6.04 Å². The van der Waals surface area contributed by atoms with Crippen LogP contribution in [0.5, 0.6) is 0 Å². The molecule has 1 aliphatic heterocycles. The third kappa shape index (κ3) is 1.70. The summed E-state index contributed by atoms with van der Waals surface area (Å²) in [6, 6.07) is 9.54. The summed E-state index contributed by atoms with van der Waals surface area (Å²) in [4.78, 5) is 16.9. The van der Waals surface area contributed by atoms with Gasteiger partial charge in [-0.2, -0.15) is 4.57 Å². The molecule has 1 atom stereocenters. The maximum absolute atomic E-state index is 14.0. The Morgan fingerprint density at radius 1 is 1.05 bits per heavy atom. The molecule has 4 nitrogen and oxygen atoms in total. The Morgan fingerprint density at radius 2 is 1.77 bits per heavy atom. The molecule has 0 saturated carbocycles. The Hall–Kier alpha value is -2.89. The molecule has 3 aromatic rings. The lowest BCUT2D eigenvalue weighted by molar-refractivity contribution is -0.524. The first kappa shape index (κ1) is 12.8. The molecule has 0 fully saturated rings. The minimum Gasteiger partial charge on any atom is -0.254 e. The van der Waals surface area contributed by atoms with Gasteiger partial charge in [0.2, 0.25) is 6.04 Å². The number of benzene rings is 2. The van der Waals surface area contributed by atoms with Crippen molar-refractivity contribution < 1.29 is 18.1 Å². The van der Waals surface area contributed by atoms with Crippen LogP contribution in [0.4, 0.5) is 14.6 Å². The van der Waals surface area contributed by atoms with E-state index >= 15 is 0 Å². The van der Waals surface area contributed by atoms with E-state index in [4.69, 9.17) is 0 Å². The van der Waals surface area contributed by atoms with E-state index < -0.39 is 23.6 Å².